The topological polar surface area (TPSA) is 90.5 Å². The Balaban J connectivity index is 3.77. The smallest absolute Gasteiger partial charge is 0.326 e. The second-order valence-electron chi connectivity index (χ2n) is 3.78. The van der Waals surface area contributed by atoms with E-state index in [9.17, 15) is 9.59 Å². The fourth-order valence-corrected chi connectivity index (χ4v) is 1.77. The van der Waals surface area contributed by atoms with Crippen LogP contribution < -0.4 is 16.0 Å². The fraction of sp³-hybridized carbons (Fsp3) is 0.818. The summed E-state index contributed by atoms with van der Waals surface area (Å²) in [5, 5.41) is 17.2. The number of hydrogen-bond acceptors (Lipinski definition) is 4. The molecule has 0 saturated heterocycles. The maximum atomic E-state index is 11.4. The third kappa shape index (κ3) is 9.12. The van der Waals surface area contributed by atoms with Gasteiger partial charge < -0.3 is 21.1 Å². The van der Waals surface area contributed by atoms with E-state index >= 15 is 0 Å². The van der Waals surface area contributed by atoms with Crippen molar-refractivity contribution in [3.05, 3.63) is 0 Å². The van der Waals surface area contributed by atoms with Crippen molar-refractivity contribution >= 4 is 23.8 Å². The second-order valence-corrected chi connectivity index (χ2v) is 4.77. The molecule has 0 aliphatic carbocycles. The van der Waals surface area contributed by atoms with Crippen molar-refractivity contribution < 1.29 is 14.7 Å². The Labute approximate surface area is 112 Å². The van der Waals surface area contributed by atoms with Gasteiger partial charge in [-0.3, -0.25) is 0 Å². The van der Waals surface area contributed by atoms with Gasteiger partial charge in [-0.15, -0.1) is 0 Å². The number of rotatable bonds is 10. The summed E-state index contributed by atoms with van der Waals surface area (Å²) in [5.74, 6) is -0.288. The minimum atomic E-state index is -0.994. The lowest BCUT2D eigenvalue weighted by atomic mass is 10.2. The summed E-state index contributed by atoms with van der Waals surface area (Å²) >= 11 is 1.56. The molecular formula is C11H23N3O3S. The van der Waals surface area contributed by atoms with Crippen molar-refractivity contribution in [1.82, 2.24) is 16.0 Å². The standard InChI is InChI=1S/C11H23N3O3S/c1-3-12-6-4-7-13-11(17)14-9(10(15)16)5-8-18-2/h9,12H,3-8H2,1-2H3,(H,15,16)(H2,13,14,17)/t9-/m0/s1. The molecule has 0 aliphatic rings. The zero-order valence-electron chi connectivity index (χ0n) is 11.0. The molecule has 0 aromatic carbocycles. The number of carbonyl (C=O) groups excluding carboxylic acids is 1. The minimum absolute atomic E-state index is 0.417. The molecule has 1 atom stereocenters. The number of aliphatic carboxylic acids is 1. The van der Waals surface area contributed by atoms with Gasteiger partial charge >= 0.3 is 12.0 Å². The molecule has 6 nitrogen and oxygen atoms in total. The first kappa shape index (κ1) is 17.1. The van der Waals surface area contributed by atoms with E-state index in [1.54, 1.807) is 11.8 Å². The maximum absolute atomic E-state index is 11.4. The molecule has 18 heavy (non-hydrogen) atoms. The molecule has 0 unspecified atom stereocenters. The van der Waals surface area contributed by atoms with Crippen molar-refractivity contribution in [1.29, 1.82) is 0 Å². The zero-order chi connectivity index (χ0) is 13.8. The summed E-state index contributed by atoms with van der Waals surface area (Å²) in [6, 6.07) is -1.23. The molecule has 0 rings (SSSR count). The summed E-state index contributed by atoms with van der Waals surface area (Å²) in [5.41, 5.74) is 0. The highest BCUT2D eigenvalue weighted by atomic mass is 32.2. The zero-order valence-corrected chi connectivity index (χ0v) is 11.8. The Kier molecular flexibility index (Phi) is 10.6. The third-order valence-electron chi connectivity index (χ3n) is 2.28. The Morgan fingerprint density at radius 3 is 2.61 bits per heavy atom. The second kappa shape index (κ2) is 11.2. The number of urea groups is 1. The van der Waals surface area contributed by atoms with Crippen molar-refractivity contribution in [3.8, 4) is 0 Å². The quantitative estimate of drug-likeness (QED) is 0.436. The van der Waals surface area contributed by atoms with Crippen LogP contribution in [0.1, 0.15) is 19.8 Å². The highest BCUT2D eigenvalue weighted by Crippen LogP contribution is 2.00. The van der Waals surface area contributed by atoms with E-state index < -0.39 is 18.0 Å². The van der Waals surface area contributed by atoms with E-state index in [-0.39, 0.29) is 0 Å². The molecule has 0 bridgehead atoms. The Hall–Kier alpha value is -0.950. The Morgan fingerprint density at radius 1 is 1.33 bits per heavy atom. The molecule has 7 heteroatoms. The average Bonchev–Trinajstić information content (AvgIpc) is 2.33. The van der Waals surface area contributed by atoms with Crippen molar-refractivity contribution in [2.24, 2.45) is 0 Å². The highest BCUT2D eigenvalue weighted by Gasteiger charge is 2.18. The van der Waals surface area contributed by atoms with Gasteiger partial charge in [0.25, 0.3) is 0 Å². The number of thioether (sulfide) groups is 1. The van der Waals surface area contributed by atoms with E-state index in [1.165, 1.54) is 0 Å². The first-order chi connectivity index (χ1) is 8.61. The normalized spacial score (nSPS) is 11.9. The summed E-state index contributed by atoms with van der Waals surface area (Å²) in [6.07, 6.45) is 3.16. The van der Waals surface area contributed by atoms with Crippen molar-refractivity contribution in [3.63, 3.8) is 0 Å². The van der Waals surface area contributed by atoms with Gasteiger partial charge in [0.2, 0.25) is 0 Å². The Bertz CT molecular complexity index is 252. The monoisotopic (exact) mass is 277 g/mol. The number of nitrogens with one attached hydrogen (secondary N) is 3. The molecule has 0 radical (unpaired) electrons. The van der Waals surface area contributed by atoms with Crippen LogP contribution in [0.3, 0.4) is 0 Å². The first-order valence-electron chi connectivity index (χ1n) is 6.08. The third-order valence-corrected chi connectivity index (χ3v) is 2.92. The van der Waals surface area contributed by atoms with Gasteiger partial charge in [-0.05, 0) is 37.9 Å². The lowest BCUT2D eigenvalue weighted by molar-refractivity contribution is -0.139. The predicted molar refractivity (Wildman–Crippen MR) is 74.1 cm³/mol. The van der Waals surface area contributed by atoms with Gasteiger partial charge in [-0.1, -0.05) is 6.92 Å². The van der Waals surface area contributed by atoms with Crippen molar-refractivity contribution in [2.45, 2.75) is 25.8 Å². The SMILES string of the molecule is CCNCCCNC(=O)N[C@@H](CCSC)C(=O)O. The van der Waals surface area contributed by atoms with Crippen LogP contribution in [0.5, 0.6) is 0 Å². The van der Waals surface area contributed by atoms with Crippen LogP contribution in [0.15, 0.2) is 0 Å². The van der Waals surface area contributed by atoms with Crippen LogP contribution in [0.2, 0.25) is 0 Å². The van der Waals surface area contributed by atoms with Gasteiger partial charge in [0, 0.05) is 6.54 Å². The first-order valence-corrected chi connectivity index (χ1v) is 7.48. The van der Waals surface area contributed by atoms with Crippen molar-refractivity contribution in [2.75, 3.05) is 31.6 Å². The fourth-order valence-electron chi connectivity index (χ4n) is 1.29. The summed E-state index contributed by atoms with van der Waals surface area (Å²) in [7, 11) is 0. The molecule has 2 amide bonds. The van der Waals surface area contributed by atoms with Crippen LogP contribution in [0, 0.1) is 0 Å². The van der Waals surface area contributed by atoms with E-state index in [0.29, 0.717) is 18.7 Å². The number of hydrogen-bond donors (Lipinski definition) is 4. The van der Waals surface area contributed by atoms with Gasteiger partial charge in [-0.2, -0.15) is 11.8 Å². The lowest BCUT2D eigenvalue weighted by Gasteiger charge is -2.14. The number of carbonyl (C=O) groups is 2. The van der Waals surface area contributed by atoms with Gasteiger partial charge in [0.05, 0.1) is 0 Å². The highest BCUT2D eigenvalue weighted by molar-refractivity contribution is 7.98. The summed E-state index contributed by atoms with van der Waals surface area (Å²) in [6.45, 7) is 4.30. The van der Waals surface area contributed by atoms with E-state index in [2.05, 4.69) is 16.0 Å². The Morgan fingerprint density at radius 2 is 2.06 bits per heavy atom. The van der Waals surface area contributed by atoms with E-state index in [4.69, 9.17) is 5.11 Å². The van der Waals surface area contributed by atoms with Crippen LogP contribution in [0.4, 0.5) is 4.79 Å². The number of carboxylic acid groups (broad SMARTS) is 1. The predicted octanol–water partition coefficient (Wildman–Crippen LogP) is 0.492. The molecule has 0 aromatic rings. The van der Waals surface area contributed by atoms with Gasteiger partial charge in [0.1, 0.15) is 6.04 Å². The molecule has 106 valence electrons. The molecular weight excluding hydrogens is 254 g/mol. The summed E-state index contributed by atoms with van der Waals surface area (Å²) in [4.78, 5) is 22.3. The number of amides is 2. The molecule has 0 aromatic heterocycles. The van der Waals surface area contributed by atoms with Gasteiger partial charge in [-0.25, -0.2) is 9.59 Å². The largest absolute Gasteiger partial charge is 0.480 e. The van der Waals surface area contributed by atoms with Crippen LogP contribution in [0.25, 0.3) is 0 Å². The van der Waals surface area contributed by atoms with E-state index in [0.717, 1.165) is 19.5 Å². The van der Waals surface area contributed by atoms with E-state index in [1.807, 2.05) is 13.2 Å². The molecule has 0 fully saturated rings. The minimum Gasteiger partial charge on any atom is -0.480 e. The summed E-state index contributed by atoms with van der Waals surface area (Å²) < 4.78 is 0. The van der Waals surface area contributed by atoms with Crippen LogP contribution in [-0.4, -0.2) is 54.8 Å². The molecule has 0 aliphatic heterocycles. The lowest BCUT2D eigenvalue weighted by Crippen LogP contribution is -2.46. The molecule has 0 spiro atoms. The average molecular weight is 277 g/mol. The van der Waals surface area contributed by atoms with Crippen LogP contribution in [-0.2, 0) is 4.79 Å². The molecule has 0 heterocycles. The molecule has 0 saturated carbocycles. The molecule has 4 N–H and O–H groups in total. The van der Waals surface area contributed by atoms with Crippen LogP contribution >= 0.6 is 11.8 Å². The maximum Gasteiger partial charge on any atom is 0.326 e. The van der Waals surface area contributed by atoms with Gasteiger partial charge in [0.15, 0.2) is 0 Å². The number of carboxylic acids is 1.